The number of rotatable bonds is 14. The van der Waals surface area contributed by atoms with Gasteiger partial charge in [-0.3, -0.25) is 4.79 Å². The molecule has 1 heterocycles. The monoisotopic (exact) mass is 328 g/mol. The third-order valence-corrected chi connectivity index (χ3v) is 3.90. The average Bonchev–Trinajstić information content (AvgIpc) is 2.96. The van der Waals surface area contributed by atoms with Gasteiger partial charge in [0, 0.05) is 0 Å². The number of hydrogen-bond acceptors (Lipinski definition) is 4. The molecule has 0 spiro atoms. The van der Waals surface area contributed by atoms with Crippen LogP contribution in [0.2, 0.25) is 0 Å². The van der Waals surface area contributed by atoms with Crippen molar-refractivity contribution < 1.29 is 9.21 Å². The molecule has 0 bridgehead atoms. The highest BCUT2D eigenvalue weighted by Crippen LogP contribution is 2.11. The van der Waals surface area contributed by atoms with Crippen molar-refractivity contribution in [2.45, 2.75) is 69.8 Å². The van der Waals surface area contributed by atoms with Crippen LogP contribution in [0, 0.1) is 0 Å². The number of nitrogens with two attached hydrogens (primary N) is 1. The molecule has 0 aromatic carbocycles. The van der Waals surface area contributed by atoms with Crippen LogP contribution in [0.1, 0.15) is 74.1 Å². The highest BCUT2D eigenvalue weighted by molar-refractivity contribution is 6.20. The second-order valence-corrected chi connectivity index (χ2v) is 6.29. The lowest BCUT2D eigenvalue weighted by atomic mass is 10.1. The third kappa shape index (κ3) is 9.98. The fourth-order valence-electron chi connectivity index (χ4n) is 2.41. The molecule has 3 N–H and O–H groups in total. The normalized spacial score (nSPS) is 12.5. The van der Waals surface area contributed by atoms with Crippen molar-refractivity contribution in [1.29, 1.82) is 0 Å². The van der Waals surface area contributed by atoms with Crippen molar-refractivity contribution in [2.75, 3.05) is 6.54 Å². The van der Waals surface area contributed by atoms with Crippen molar-refractivity contribution in [3.05, 3.63) is 23.7 Å². The van der Waals surface area contributed by atoms with Crippen LogP contribution in [0.15, 0.2) is 16.5 Å². The lowest BCUT2D eigenvalue weighted by Crippen LogP contribution is -2.14. The molecule has 1 aromatic heterocycles. The van der Waals surface area contributed by atoms with Crippen molar-refractivity contribution >= 4 is 17.9 Å². The number of carbonyl (C=O) groups is 1. The average molecular weight is 329 g/mol. The van der Waals surface area contributed by atoms with Crippen LogP contribution in [-0.2, 0) is 6.54 Å². The van der Waals surface area contributed by atoms with E-state index in [1.165, 1.54) is 44.9 Å². The molecule has 0 saturated carbocycles. The Bertz CT molecular complexity index is 394. The number of aldehydes is 1. The van der Waals surface area contributed by atoms with E-state index >= 15 is 0 Å². The van der Waals surface area contributed by atoms with E-state index < -0.39 is 0 Å². The zero-order valence-electron chi connectivity index (χ0n) is 13.4. The summed E-state index contributed by atoms with van der Waals surface area (Å²) >= 11 is 5.70. The topological polar surface area (TPSA) is 68.3 Å². The molecule has 0 radical (unpaired) electrons. The quantitative estimate of drug-likeness (QED) is 0.232. The number of alkyl halides is 1. The smallest absolute Gasteiger partial charge is 0.185 e. The molecule has 22 heavy (non-hydrogen) atoms. The van der Waals surface area contributed by atoms with Crippen LogP contribution in [0.5, 0.6) is 0 Å². The molecule has 0 amide bonds. The number of nitrogens with one attached hydrogen (secondary N) is 1. The molecule has 4 nitrogen and oxygen atoms in total. The molecule has 1 rings (SSSR count). The number of carbonyl (C=O) groups excluding carboxylic acids is 1. The van der Waals surface area contributed by atoms with Gasteiger partial charge in [0.05, 0.1) is 12.0 Å². The first kappa shape index (κ1) is 19.2. The fraction of sp³-hybridized carbons (Fsp3) is 0.706. The van der Waals surface area contributed by atoms with Gasteiger partial charge >= 0.3 is 0 Å². The van der Waals surface area contributed by atoms with Crippen molar-refractivity contribution in [2.24, 2.45) is 5.73 Å². The standard InChI is InChI=1S/C17H29ClN2O2/c18-17(19)9-7-5-3-1-2-4-6-8-12-20-13-15-10-11-16(14-21)22-15/h10-11,14,17,20H,1-9,12-13,19H2. The van der Waals surface area contributed by atoms with Gasteiger partial charge < -0.3 is 15.5 Å². The lowest BCUT2D eigenvalue weighted by molar-refractivity contribution is 0.109. The van der Waals surface area contributed by atoms with E-state index in [9.17, 15) is 4.79 Å². The van der Waals surface area contributed by atoms with E-state index in [0.29, 0.717) is 12.3 Å². The maximum atomic E-state index is 10.5. The maximum Gasteiger partial charge on any atom is 0.185 e. The summed E-state index contributed by atoms with van der Waals surface area (Å²) in [6.07, 6.45) is 11.7. The molecule has 0 aliphatic heterocycles. The SMILES string of the molecule is NC(Cl)CCCCCCCCCCNCc1ccc(C=O)o1. The Labute approximate surface area is 138 Å². The molecule has 0 saturated heterocycles. The van der Waals surface area contributed by atoms with E-state index in [1.807, 2.05) is 6.07 Å². The Morgan fingerprint density at radius 3 is 2.32 bits per heavy atom. The summed E-state index contributed by atoms with van der Waals surface area (Å²) in [5, 5.41) is 3.33. The van der Waals surface area contributed by atoms with E-state index in [1.54, 1.807) is 6.07 Å². The van der Waals surface area contributed by atoms with Gasteiger partial charge in [0.1, 0.15) is 5.76 Å². The number of hydrogen-bond donors (Lipinski definition) is 2. The van der Waals surface area contributed by atoms with Crippen LogP contribution in [0.25, 0.3) is 0 Å². The molecule has 5 heteroatoms. The summed E-state index contributed by atoms with van der Waals surface area (Å²) in [4.78, 5) is 10.5. The van der Waals surface area contributed by atoms with Crippen LogP contribution in [-0.4, -0.2) is 18.3 Å². The zero-order chi connectivity index (χ0) is 16.0. The van der Waals surface area contributed by atoms with Crippen LogP contribution in [0.4, 0.5) is 0 Å². The van der Waals surface area contributed by atoms with Crippen molar-refractivity contribution in [3.8, 4) is 0 Å². The molecular formula is C17H29ClN2O2. The highest BCUT2D eigenvalue weighted by atomic mass is 35.5. The van der Waals surface area contributed by atoms with Crippen molar-refractivity contribution in [3.63, 3.8) is 0 Å². The zero-order valence-corrected chi connectivity index (χ0v) is 14.1. The predicted octanol–water partition coefficient (Wildman–Crippen LogP) is 4.22. The van der Waals surface area contributed by atoms with Gasteiger partial charge in [-0.2, -0.15) is 0 Å². The minimum atomic E-state index is -0.168. The van der Waals surface area contributed by atoms with E-state index in [-0.39, 0.29) is 5.50 Å². The minimum absolute atomic E-state index is 0.168. The largest absolute Gasteiger partial charge is 0.457 e. The minimum Gasteiger partial charge on any atom is -0.457 e. The fourth-order valence-corrected chi connectivity index (χ4v) is 2.57. The first-order valence-corrected chi connectivity index (χ1v) is 8.80. The number of halogens is 1. The molecule has 1 aromatic rings. The first-order valence-electron chi connectivity index (χ1n) is 8.36. The van der Waals surface area contributed by atoms with E-state index in [2.05, 4.69) is 5.32 Å². The van der Waals surface area contributed by atoms with E-state index in [0.717, 1.165) is 31.4 Å². The Morgan fingerprint density at radius 1 is 1.09 bits per heavy atom. The number of furan rings is 1. The van der Waals surface area contributed by atoms with Gasteiger partial charge in [-0.15, -0.1) is 11.6 Å². The molecule has 126 valence electrons. The Morgan fingerprint density at radius 2 is 1.73 bits per heavy atom. The van der Waals surface area contributed by atoms with Gasteiger partial charge in [0.25, 0.3) is 0 Å². The van der Waals surface area contributed by atoms with E-state index in [4.69, 9.17) is 21.8 Å². The summed E-state index contributed by atoms with van der Waals surface area (Å²) in [6, 6.07) is 3.54. The third-order valence-electron chi connectivity index (χ3n) is 3.68. The Hall–Kier alpha value is -0.840. The second kappa shape index (κ2) is 12.7. The summed E-state index contributed by atoms with van der Waals surface area (Å²) < 4.78 is 5.29. The first-order chi connectivity index (χ1) is 10.7. The maximum absolute atomic E-state index is 10.5. The summed E-state index contributed by atoms with van der Waals surface area (Å²) in [7, 11) is 0. The van der Waals surface area contributed by atoms with Crippen LogP contribution in [0.3, 0.4) is 0 Å². The number of unbranched alkanes of at least 4 members (excludes halogenated alkanes) is 7. The van der Waals surface area contributed by atoms with Gasteiger partial charge in [-0.1, -0.05) is 44.9 Å². The highest BCUT2D eigenvalue weighted by Gasteiger charge is 2.00. The molecule has 1 atom stereocenters. The predicted molar refractivity (Wildman–Crippen MR) is 91.2 cm³/mol. The summed E-state index contributed by atoms with van der Waals surface area (Å²) in [5.41, 5.74) is 5.33. The molecule has 0 aliphatic carbocycles. The summed E-state index contributed by atoms with van der Waals surface area (Å²) in [6.45, 7) is 1.68. The van der Waals surface area contributed by atoms with Crippen molar-refractivity contribution in [1.82, 2.24) is 5.32 Å². The van der Waals surface area contributed by atoms with Crippen LogP contribution >= 0.6 is 11.6 Å². The van der Waals surface area contributed by atoms with Crippen LogP contribution < -0.4 is 11.1 Å². The van der Waals surface area contributed by atoms with Gasteiger partial charge in [-0.05, 0) is 31.5 Å². The molecular weight excluding hydrogens is 300 g/mol. The Balaban J connectivity index is 1.81. The molecule has 0 aliphatic rings. The van der Waals surface area contributed by atoms with Gasteiger partial charge in [-0.25, -0.2) is 0 Å². The lowest BCUT2D eigenvalue weighted by Gasteiger charge is -2.04. The second-order valence-electron chi connectivity index (χ2n) is 5.73. The molecule has 0 fully saturated rings. The Kier molecular flexibility index (Phi) is 11.1. The van der Waals surface area contributed by atoms with Gasteiger partial charge in [0.2, 0.25) is 0 Å². The summed E-state index contributed by atoms with van der Waals surface area (Å²) in [5.74, 6) is 1.21. The van der Waals surface area contributed by atoms with Gasteiger partial charge in [0.15, 0.2) is 12.0 Å². The molecule has 1 unspecified atom stereocenters.